The minimum atomic E-state index is -0.130. The Balaban J connectivity index is 1.74. The number of benzene rings is 1. The SMILES string of the molecule is COC1CCC(NCc2nc3cc(Cl)ccc3c(=O)[nH]2)C1. The summed E-state index contributed by atoms with van der Waals surface area (Å²) in [5.41, 5.74) is 0.499. The number of aromatic amines is 1. The number of methoxy groups -OCH3 is 1. The standard InChI is InChI=1S/C15H18ClN3O2/c1-21-11-4-3-10(7-11)17-8-14-18-13-6-9(16)2-5-12(13)15(20)19-14/h2,5-6,10-11,17H,3-4,7-8H2,1H3,(H,18,19,20). The van der Waals surface area contributed by atoms with E-state index in [9.17, 15) is 4.79 Å². The van der Waals surface area contributed by atoms with Crippen molar-refractivity contribution in [2.45, 2.75) is 38.0 Å². The topological polar surface area (TPSA) is 67.0 Å². The summed E-state index contributed by atoms with van der Waals surface area (Å²) in [5, 5.41) is 4.56. The van der Waals surface area contributed by atoms with Gasteiger partial charge in [-0.1, -0.05) is 11.6 Å². The molecular formula is C15H18ClN3O2. The van der Waals surface area contributed by atoms with Crippen molar-refractivity contribution in [2.24, 2.45) is 0 Å². The largest absolute Gasteiger partial charge is 0.381 e. The second-order valence-corrected chi connectivity index (χ2v) is 5.86. The molecule has 1 heterocycles. The van der Waals surface area contributed by atoms with Crippen LogP contribution in [0.3, 0.4) is 0 Å². The van der Waals surface area contributed by atoms with E-state index in [1.54, 1.807) is 25.3 Å². The number of nitrogens with one attached hydrogen (secondary N) is 2. The lowest BCUT2D eigenvalue weighted by Crippen LogP contribution is -2.28. The number of rotatable bonds is 4. The quantitative estimate of drug-likeness (QED) is 0.909. The Morgan fingerprint density at radius 3 is 3.10 bits per heavy atom. The van der Waals surface area contributed by atoms with E-state index >= 15 is 0 Å². The van der Waals surface area contributed by atoms with Crippen molar-refractivity contribution in [1.29, 1.82) is 0 Å². The van der Waals surface area contributed by atoms with Gasteiger partial charge in [0.1, 0.15) is 5.82 Å². The van der Waals surface area contributed by atoms with Crippen LogP contribution in [-0.4, -0.2) is 29.2 Å². The van der Waals surface area contributed by atoms with Crippen molar-refractivity contribution >= 4 is 22.5 Å². The Labute approximate surface area is 127 Å². The molecule has 3 rings (SSSR count). The van der Waals surface area contributed by atoms with Crippen LogP contribution >= 0.6 is 11.6 Å². The number of halogens is 1. The lowest BCUT2D eigenvalue weighted by Gasteiger charge is -2.12. The molecule has 2 unspecified atom stereocenters. The van der Waals surface area contributed by atoms with Crippen molar-refractivity contribution in [3.8, 4) is 0 Å². The maximum atomic E-state index is 12.0. The molecule has 1 saturated carbocycles. The lowest BCUT2D eigenvalue weighted by molar-refractivity contribution is 0.107. The van der Waals surface area contributed by atoms with Gasteiger partial charge in [-0.2, -0.15) is 0 Å². The Bertz CT molecular complexity index is 701. The van der Waals surface area contributed by atoms with Crippen LogP contribution in [0.2, 0.25) is 5.02 Å². The van der Waals surface area contributed by atoms with Crippen LogP contribution < -0.4 is 10.9 Å². The number of ether oxygens (including phenoxy) is 1. The average molecular weight is 308 g/mol. The molecule has 5 nitrogen and oxygen atoms in total. The van der Waals surface area contributed by atoms with Gasteiger partial charge in [0.05, 0.1) is 23.6 Å². The summed E-state index contributed by atoms with van der Waals surface area (Å²) in [5.74, 6) is 0.635. The molecule has 1 aromatic carbocycles. The number of aromatic nitrogens is 2. The van der Waals surface area contributed by atoms with Crippen molar-refractivity contribution in [1.82, 2.24) is 15.3 Å². The summed E-state index contributed by atoms with van der Waals surface area (Å²) < 4.78 is 5.36. The summed E-state index contributed by atoms with van der Waals surface area (Å²) in [6.45, 7) is 0.540. The summed E-state index contributed by atoms with van der Waals surface area (Å²) >= 11 is 5.95. The van der Waals surface area contributed by atoms with Crippen LogP contribution in [0.1, 0.15) is 25.1 Å². The number of hydrogen-bond acceptors (Lipinski definition) is 4. The smallest absolute Gasteiger partial charge is 0.258 e. The third-order valence-electron chi connectivity index (χ3n) is 3.99. The highest BCUT2D eigenvalue weighted by Gasteiger charge is 2.23. The molecule has 0 radical (unpaired) electrons. The molecule has 0 aliphatic heterocycles. The molecule has 1 aromatic heterocycles. The van der Waals surface area contributed by atoms with E-state index in [-0.39, 0.29) is 5.56 Å². The minimum Gasteiger partial charge on any atom is -0.381 e. The van der Waals surface area contributed by atoms with Gasteiger partial charge < -0.3 is 15.0 Å². The predicted octanol–water partition coefficient (Wildman–Crippen LogP) is 2.23. The molecular weight excluding hydrogens is 290 g/mol. The van der Waals surface area contributed by atoms with Gasteiger partial charge in [0, 0.05) is 18.2 Å². The van der Waals surface area contributed by atoms with Crippen LogP contribution in [-0.2, 0) is 11.3 Å². The summed E-state index contributed by atoms with van der Waals surface area (Å²) in [7, 11) is 1.75. The van der Waals surface area contributed by atoms with Crippen molar-refractivity contribution in [3.63, 3.8) is 0 Å². The number of nitrogens with zero attached hydrogens (tertiary/aromatic N) is 1. The molecule has 21 heavy (non-hydrogen) atoms. The van der Waals surface area contributed by atoms with Gasteiger partial charge in [0.25, 0.3) is 5.56 Å². The Morgan fingerprint density at radius 1 is 1.48 bits per heavy atom. The molecule has 1 fully saturated rings. The molecule has 0 amide bonds. The molecule has 2 atom stereocenters. The third-order valence-corrected chi connectivity index (χ3v) is 4.23. The Kier molecular flexibility index (Phi) is 4.24. The molecule has 6 heteroatoms. The first-order valence-corrected chi connectivity index (χ1v) is 7.48. The maximum Gasteiger partial charge on any atom is 0.258 e. The van der Waals surface area contributed by atoms with Crippen LogP contribution in [0.25, 0.3) is 10.9 Å². The highest BCUT2D eigenvalue weighted by molar-refractivity contribution is 6.31. The van der Waals surface area contributed by atoms with Crippen molar-refractivity contribution < 1.29 is 4.74 Å². The van der Waals surface area contributed by atoms with Crippen LogP contribution in [0.4, 0.5) is 0 Å². The predicted molar refractivity (Wildman–Crippen MR) is 82.6 cm³/mol. The monoisotopic (exact) mass is 307 g/mol. The fraction of sp³-hybridized carbons (Fsp3) is 0.467. The lowest BCUT2D eigenvalue weighted by atomic mass is 10.2. The van der Waals surface area contributed by atoms with E-state index < -0.39 is 0 Å². The first kappa shape index (κ1) is 14.5. The highest BCUT2D eigenvalue weighted by atomic mass is 35.5. The zero-order chi connectivity index (χ0) is 14.8. The molecule has 0 saturated heterocycles. The van der Waals surface area contributed by atoms with Gasteiger partial charge in [-0.3, -0.25) is 4.79 Å². The molecule has 0 bridgehead atoms. The first-order chi connectivity index (χ1) is 10.2. The molecule has 112 valence electrons. The van der Waals surface area contributed by atoms with Crippen molar-refractivity contribution in [2.75, 3.05) is 7.11 Å². The molecule has 1 aliphatic carbocycles. The highest BCUT2D eigenvalue weighted by Crippen LogP contribution is 2.21. The fourth-order valence-electron chi connectivity index (χ4n) is 2.83. The van der Waals surface area contributed by atoms with E-state index in [0.717, 1.165) is 19.3 Å². The maximum absolute atomic E-state index is 12.0. The average Bonchev–Trinajstić information content (AvgIpc) is 2.92. The third kappa shape index (κ3) is 3.26. The zero-order valence-electron chi connectivity index (χ0n) is 11.9. The first-order valence-electron chi connectivity index (χ1n) is 7.10. The molecule has 1 aliphatic rings. The normalized spacial score (nSPS) is 22.0. The zero-order valence-corrected chi connectivity index (χ0v) is 12.6. The van der Waals surface area contributed by atoms with Gasteiger partial charge >= 0.3 is 0 Å². The summed E-state index contributed by atoms with van der Waals surface area (Å²) in [6, 6.07) is 5.52. The van der Waals surface area contributed by atoms with E-state index in [0.29, 0.717) is 40.4 Å². The molecule has 2 N–H and O–H groups in total. The Morgan fingerprint density at radius 2 is 2.33 bits per heavy atom. The van der Waals surface area contributed by atoms with Gasteiger partial charge in [0.2, 0.25) is 0 Å². The number of H-pyrrole nitrogens is 1. The number of fused-ring (bicyclic) bond motifs is 1. The number of hydrogen-bond donors (Lipinski definition) is 2. The fourth-order valence-corrected chi connectivity index (χ4v) is 2.99. The second-order valence-electron chi connectivity index (χ2n) is 5.42. The van der Waals surface area contributed by atoms with Gasteiger partial charge in [0.15, 0.2) is 0 Å². The summed E-state index contributed by atoms with van der Waals surface area (Å²) in [4.78, 5) is 19.3. The molecule has 2 aromatic rings. The van der Waals surface area contributed by atoms with Gasteiger partial charge in [-0.25, -0.2) is 4.98 Å². The molecule has 0 spiro atoms. The van der Waals surface area contributed by atoms with Crippen molar-refractivity contribution in [3.05, 3.63) is 39.4 Å². The van der Waals surface area contributed by atoms with E-state index in [1.807, 2.05) is 0 Å². The van der Waals surface area contributed by atoms with E-state index in [4.69, 9.17) is 16.3 Å². The van der Waals surface area contributed by atoms with Gasteiger partial charge in [-0.15, -0.1) is 0 Å². The van der Waals surface area contributed by atoms with Crippen LogP contribution in [0.5, 0.6) is 0 Å². The second kappa shape index (κ2) is 6.13. The van der Waals surface area contributed by atoms with E-state index in [1.165, 1.54) is 0 Å². The van der Waals surface area contributed by atoms with Crippen LogP contribution in [0.15, 0.2) is 23.0 Å². The minimum absolute atomic E-state index is 0.130. The summed E-state index contributed by atoms with van der Waals surface area (Å²) in [6.07, 6.45) is 3.50. The van der Waals surface area contributed by atoms with Gasteiger partial charge in [-0.05, 0) is 37.5 Å². The Hall–Kier alpha value is -1.43. The van der Waals surface area contributed by atoms with Crippen LogP contribution in [0, 0.1) is 0 Å². The van der Waals surface area contributed by atoms with E-state index in [2.05, 4.69) is 15.3 Å².